The normalized spacial score (nSPS) is 20.8. The molecule has 1 heterocycles. The Morgan fingerprint density at radius 1 is 1.28 bits per heavy atom. The van der Waals surface area contributed by atoms with Gasteiger partial charge in [0.25, 0.3) is 0 Å². The summed E-state index contributed by atoms with van der Waals surface area (Å²) in [7, 11) is 0. The summed E-state index contributed by atoms with van der Waals surface area (Å²) >= 11 is 3.42. The van der Waals surface area contributed by atoms with Crippen molar-refractivity contribution in [2.45, 2.75) is 25.7 Å². The van der Waals surface area contributed by atoms with Crippen LogP contribution in [0.25, 0.3) is 0 Å². The van der Waals surface area contributed by atoms with E-state index in [-0.39, 0.29) is 6.42 Å². The second kappa shape index (κ2) is 6.62. The first-order valence-electron chi connectivity index (χ1n) is 6.38. The maximum absolute atomic E-state index is 12.1. The van der Waals surface area contributed by atoms with Gasteiger partial charge >= 0.3 is 0 Å². The first kappa shape index (κ1) is 13.9. The summed E-state index contributed by atoms with van der Waals surface area (Å²) < 4.78 is 25.4. The van der Waals surface area contributed by atoms with Crippen LogP contribution in [-0.4, -0.2) is 31.0 Å². The fourth-order valence-corrected chi connectivity index (χ4v) is 2.78. The summed E-state index contributed by atoms with van der Waals surface area (Å²) in [5.41, 5.74) is 1.33. The quantitative estimate of drug-likeness (QED) is 0.794. The van der Waals surface area contributed by atoms with Crippen molar-refractivity contribution < 1.29 is 8.78 Å². The molecule has 1 aliphatic heterocycles. The minimum absolute atomic E-state index is 0.00496. The van der Waals surface area contributed by atoms with E-state index in [4.69, 9.17) is 0 Å². The van der Waals surface area contributed by atoms with Crippen LogP contribution in [0.5, 0.6) is 0 Å². The Balaban J connectivity index is 1.77. The predicted octanol–water partition coefficient (Wildman–Crippen LogP) is 3.97. The summed E-state index contributed by atoms with van der Waals surface area (Å²) in [6, 6.07) is 8.37. The predicted molar refractivity (Wildman–Crippen MR) is 73.0 cm³/mol. The van der Waals surface area contributed by atoms with Crippen LogP contribution >= 0.6 is 15.9 Å². The highest BCUT2D eigenvalue weighted by Crippen LogP contribution is 2.22. The van der Waals surface area contributed by atoms with Gasteiger partial charge in [0.2, 0.25) is 6.43 Å². The molecule has 0 N–H and O–H groups in total. The lowest BCUT2D eigenvalue weighted by atomic mass is 9.99. The van der Waals surface area contributed by atoms with Crippen LogP contribution in [0.2, 0.25) is 0 Å². The number of halogens is 3. The molecule has 1 aromatic carbocycles. The van der Waals surface area contributed by atoms with Crippen LogP contribution in [-0.2, 0) is 6.42 Å². The SMILES string of the molecule is FC(F)CCN1CCC(Cc2ccc(Br)cc2)C1. The van der Waals surface area contributed by atoms with Crippen LogP contribution in [0.15, 0.2) is 28.7 Å². The number of alkyl halides is 2. The molecule has 100 valence electrons. The lowest BCUT2D eigenvalue weighted by molar-refractivity contribution is 0.120. The van der Waals surface area contributed by atoms with Gasteiger partial charge in [-0.25, -0.2) is 8.78 Å². The lowest BCUT2D eigenvalue weighted by Gasteiger charge is -2.15. The van der Waals surface area contributed by atoms with Gasteiger partial charge in [-0.15, -0.1) is 0 Å². The Labute approximate surface area is 115 Å². The summed E-state index contributed by atoms with van der Waals surface area (Å²) in [5.74, 6) is 0.615. The smallest absolute Gasteiger partial charge is 0.239 e. The molecule has 0 aromatic heterocycles. The molecule has 1 fully saturated rings. The summed E-state index contributed by atoms with van der Waals surface area (Å²) in [5, 5.41) is 0. The van der Waals surface area contributed by atoms with Gasteiger partial charge in [-0.3, -0.25) is 0 Å². The molecule has 2 rings (SSSR count). The molecule has 0 radical (unpaired) electrons. The largest absolute Gasteiger partial charge is 0.303 e. The number of rotatable bonds is 5. The van der Waals surface area contributed by atoms with E-state index in [9.17, 15) is 8.78 Å². The van der Waals surface area contributed by atoms with Crippen molar-refractivity contribution in [3.8, 4) is 0 Å². The Morgan fingerprint density at radius 3 is 2.67 bits per heavy atom. The van der Waals surface area contributed by atoms with E-state index in [2.05, 4.69) is 45.1 Å². The van der Waals surface area contributed by atoms with Crippen molar-refractivity contribution in [2.75, 3.05) is 19.6 Å². The molecule has 0 amide bonds. The van der Waals surface area contributed by atoms with Crippen molar-refractivity contribution in [2.24, 2.45) is 5.92 Å². The van der Waals surface area contributed by atoms with Crippen LogP contribution in [0.1, 0.15) is 18.4 Å². The molecule has 1 aromatic rings. The second-order valence-electron chi connectivity index (χ2n) is 4.97. The Hall–Kier alpha value is -0.480. The van der Waals surface area contributed by atoms with Gasteiger partial charge in [-0.2, -0.15) is 0 Å². The highest BCUT2D eigenvalue weighted by molar-refractivity contribution is 9.10. The average molecular weight is 318 g/mol. The standard InChI is InChI=1S/C14H18BrF2N/c15-13-3-1-11(2-4-13)9-12-5-7-18(10-12)8-6-14(16)17/h1-4,12,14H,5-10H2. The third-order valence-corrected chi connectivity index (χ3v) is 4.00. The van der Waals surface area contributed by atoms with Crippen molar-refractivity contribution >= 4 is 15.9 Å². The van der Waals surface area contributed by atoms with E-state index >= 15 is 0 Å². The number of nitrogens with zero attached hydrogens (tertiary/aromatic N) is 1. The average Bonchev–Trinajstić information content (AvgIpc) is 2.77. The maximum atomic E-state index is 12.1. The fourth-order valence-electron chi connectivity index (χ4n) is 2.52. The highest BCUT2D eigenvalue weighted by Gasteiger charge is 2.22. The van der Waals surface area contributed by atoms with Gasteiger partial charge in [0.05, 0.1) is 0 Å². The molecule has 0 aliphatic carbocycles. The van der Waals surface area contributed by atoms with Crippen molar-refractivity contribution in [1.82, 2.24) is 4.90 Å². The highest BCUT2D eigenvalue weighted by atomic mass is 79.9. The first-order valence-corrected chi connectivity index (χ1v) is 7.18. The van der Waals surface area contributed by atoms with E-state index in [0.717, 1.165) is 30.4 Å². The lowest BCUT2D eigenvalue weighted by Crippen LogP contribution is -2.23. The molecular formula is C14H18BrF2N. The molecule has 1 aliphatic rings. The second-order valence-corrected chi connectivity index (χ2v) is 5.88. The number of likely N-dealkylation sites (tertiary alicyclic amines) is 1. The third kappa shape index (κ3) is 4.32. The first-order chi connectivity index (χ1) is 8.63. The van der Waals surface area contributed by atoms with Crippen LogP contribution in [0, 0.1) is 5.92 Å². The topological polar surface area (TPSA) is 3.24 Å². The molecule has 0 saturated carbocycles. The summed E-state index contributed by atoms with van der Waals surface area (Å²) in [6.45, 7) is 2.46. The molecular weight excluding hydrogens is 300 g/mol. The summed E-state index contributed by atoms with van der Waals surface area (Å²) in [6.07, 6.45) is 0.0125. The van der Waals surface area contributed by atoms with Crippen molar-refractivity contribution in [3.63, 3.8) is 0 Å². The van der Waals surface area contributed by atoms with E-state index < -0.39 is 6.43 Å². The molecule has 1 saturated heterocycles. The molecule has 18 heavy (non-hydrogen) atoms. The maximum Gasteiger partial charge on any atom is 0.239 e. The zero-order valence-electron chi connectivity index (χ0n) is 10.3. The van der Waals surface area contributed by atoms with E-state index in [1.54, 1.807) is 0 Å². The fraction of sp³-hybridized carbons (Fsp3) is 0.571. The number of benzene rings is 1. The van der Waals surface area contributed by atoms with Gasteiger partial charge in [0, 0.05) is 24.0 Å². The zero-order chi connectivity index (χ0) is 13.0. The van der Waals surface area contributed by atoms with Crippen LogP contribution in [0.3, 0.4) is 0 Å². The molecule has 1 nitrogen and oxygen atoms in total. The van der Waals surface area contributed by atoms with Gasteiger partial charge in [0.1, 0.15) is 0 Å². The Bertz CT molecular complexity index is 367. The van der Waals surface area contributed by atoms with Crippen LogP contribution < -0.4 is 0 Å². The van der Waals surface area contributed by atoms with Gasteiger partial charge in [-0.1, -0.05) is 28.1 Å². The summed E-state index contributed by atoms with van der Waals surface area (Å²) in [4.78, 5) is 2.16. The minimum atomic E-state index is -2.17. The number of hydrogen-bond donors (Lipinski definition) is 0. The zero-order valence-corrected chi connectivity index (χ0v) is 11.9. The van der Waals surface area contributed by atoms with E-state index in [1.807, 2.05) is 0 Å². The Morgan fingerprint density at radius 2 is 2.00 bits per heavy atom. The number of hydrogen-bond acceptors (Lipinski definition) is 1. The van der Waals surface area contributed by atoms with E-state index in [0.29, 0.717) is 12.5 Å². The molecule has 1 unspecified atom stereocenters. The van der Waals surface area contributed by atoms with Gasteiger partial charge in [-0.05, 0) is 43.0 Å². The monoisotopic (exact) mass is 317 g/mol. The molecule has 0 bridgehead atoms. The molecule has 1 atom stereocenters. The van der Waals surface area contributed by atoms with Gasteiger partial charge in [0.15, 0.2) is 0 Å². The Kier molecular flexibility index (Phi) is 5.13. The molecule has 4 heteroatoms. The van der Waals surface area contributed by atoms with Crippen molar-refractivity contribution in [1.29, 1.82) is 0 Å². The third-order valence-electron chi connectivity index (χ3n) is 3.47. The van der Waals surface area contributed by atoms with Gasteiger partial charge < -0.3 is 4.90 Å². The van der Waals surface area contributed by atoms with Crippen molar-refractivity contribution in [3.05, 3.63) is 34.3 Å². The minimum Gasteiger partial charge on any atom is -0.303 e. The van der Waals surface area contributed by atoms with Crippen LogP contribution in [0.4, 0.5) is 8.78 Å². The van der Waals surface area contributed by atoms with E-state index in [1.165, 1.54) is 5.56 Å². The molecule has 0 spiro atoms.